The lowest BCUT2D eigenvalue weighted by Gasteiger charge is -2.17. The Morgan fingerprint density at radius 1 is 1.10 bits per heavy atom. The van der Waals surface area contributed by atoms with Crippen LogP contribution in [-0.4, -0.2) is 12.2 Å². The number of aryl methyl sites for hydroxylation is 1. The maximum absolute atomic E-state index is 13.9. The molecule has 5 heteroatoms. The second-order valence-electron chi connectivity index (χ2n) is 4.39. The first kappa shape index (κ1) is 14.9. The highest BCUT2D eigenvalue weighted by molar-refractivity contribution is 9.10. The van der Waals surface area contributed by atoms with Gasteiger partial charge in [0.2, 0.25) is 0 Å². The molecule has 0 saturated heterocycles. The number of halogens is 3. The summed E-state index contributed by atoms with van der Waals surface area (Å²) in [4.78, 5) is 0. The molecule has 1 N–H and O–H groups in total. The van der Waals surface area contributed by atoms with Crippen molar-refractivity contribution in [2.45, 2.75) is 13.0 Å². The molecule has 1 unspecified atom stereocenters. The molecule has 0 aliphatic carbocycles. The predicted octanol–water partition coefficient (Wildman–Crippen LogP) is 4.13. The van der Waals surface area contributed by atoms with Crippen LogP contribution in [-0.2, 0) is 0 Å². The van der Waals surface area contributed by atoms with Crippen molar-refractivity contribution in [2.75, 3.05) is 7.11 Å². The Hall–Kier alpha value is -1.46. The molecule has 0 radical (unpaired) electrons. The minimum absolute atomic E-state index is 0.121. The Bertz CT molecular complexity index is 644. The fourth-order valence-corrected chi connectivity index (χ4v) is 2.34. The van der Waals surface area contributed by atoms with E-state index in [0.717, 1.165) is 0 Å². The molecule has 0 heterocycles. The quantitative estimate of drug-likeness (QED) is 0.908. The Kier molecular flexibility index (Phi) is 4.40. The molecular formula is C15H13BrF2O2. The van der Waals surface area contributed by atoms with Crippen LogP contribution in [0.5, 0.6) is 5.75 Å². The summed E-state index contributed by atoms with van der Waals surface area (Å²) < 4.78 is 33.4. The molecule has 0 aliphatic rings. The van der Waals surface area contributed by atoms with E-state index in [2.05, 4.69) is 15.9 Å². The summed E-state index contributed by atoms with van der Waals surface area (Å²) in [7, 11) is 1.45. The normalized spacial score (nSPS) is 12.3. The average Bonchev–Trinajstić information content (AvgIpc) is 2.44. The van der Waals surface area contributed by atoms with Crippen molar-refractivity contribution in [3.05, 3.63) is 63.1 Å². The Labute approximate surface area is 124 Å². The summed E-state index contributed by atoms with van der Waals surface area (Å²) in [6.07, 6.45) is -1.31. The van der Waals surface area contributed by atoms with E-state index >= 15 is 0 Å². The number of hydrogen-bond donors (Lipinski definition) is 1. The van der Waals surface area contributed by atoms with Crippen LogP contribution in [0.3, 0.4) is 0 Å². The summed E-state index contributed by atoms with van der Waals surface area (Å²) in [5.74, 6) is -1.59. The van der Waals surface area contributed by atoms with Crippen LogP contribution < -0.4 is 4.74 Å². The monoisotopic (exact) mass is 342 g/mol. The van der Waals surface area contributed by atoms with E-state index in [4.69, 9.17) is 4.74 Å². The first-order valence-electron chi connectivity index (χ1n) is 5.91. The van der Waals surface area contributed by atoms with E-state index in [9.17, 15) is 13.9 Å². The summed E-state index contributed by atoms with van der Waals surface area (Å²) in [6.45, 7) is 1.47. The molecule has 0 saturated carbocycles. The maximum Gasteiger partial charge on any atom is 0.165 e. The zero-order valence-corrected chi connectivity index (χ0v) is 12.5. The number of rotatable bonds is 3. The van der Waals surface area contributed by atoms with Gasteiger partial charge in [-0.3, -0.25) is 0 Å². The van der Waals surface area contributed by atoms with Crippen molar-refractivity contribution >= 4 is 15.9 Å². The molecule has 2 aromatic carbocycles. The first-order valence-corrected chi connectivity index (χ1v) is 6.71. The van der Waals surface area contributed by atoms with E-state index in [1.54, 1.807) is 18.2 Å². The van der Waals surface area contributed by atoms with Gasteiger partial charge in [0.15, 0.2) is 11.6 Å². The summed E-state index contributed by atoms with van der Waals surface area (Å²) in [6, 6.07) is 7.80. The van der Waals surface area contributed by atoms with Crippen molar-refractivity contribution in [2.24, 2.45) is 0 Å². The third kappa shape index (κ3) is 2.69. The minimum atomic E-state index is -1.31. The maximum atomic E-state index is 13.9. The second kappa shape index (κ2) is 5.89. The van der Waals surface area contributed by atoms with E-state index in [1.165, 1.54) is 26.2 Å². The van der Waals surface area contributed by atoms with Gasteiger partial charge in [0.25, 0.3) is 0 Å². The van der Waals surface area contributed by atoms with Crippen molar-refractivity contribution in [1.82, 2.24) is 0 Å². The molecule has 106 valence electrons. The smallest absolute Gasteiger partial charge is 0.165 e. The molecule has 2 rings (SSSR count). The van der Waals surface area contributed by atoms with Crippen LogP contribution in [0.2, 0.25) is 0 Å². The molecule has 20 heavy (non-hydrogen) atoms. The Morgan fingerprint density at radius 3 is 2.45 bits per heavy atom. The van der Waals surface area contributed by atoms with Crippen LogP contribution in [0.25, 0.3) is 0 Å². The Morgan fingerprint density at radius 2 is 1.80 bits per heavy atom. The van der Waals surface area contributed by atoms with Gasteiger partial charge in [-0.25, -0.2) is 8.78 Å². The largest absolute Gasteiger partial charge is 0.496 e. The molecule has 0 bridgehead atoms. The highest BCUT2D eigenvalue weighted by atomic mass is 79.9. The van der Waals surface area contributed by atoms with E-state index in [1.807, 2.05) is 0 Å². The molecule has 0 aromatic heterocycles. The number of aliphatic hydroxyl groups is 1. The van der Waals surface area contributed by atoms with Crippen LogP contribution in [0.1, 0.15) is 22.8 Å². The van der Waals surface area contributed by atoms with Gasteiger partial charge >= 0.3 is 0 Å². The van der Waals surface area contributed by atoms with Gasteiger partial charge in [0, 0.05) is 15.6 Å². The van der Waals surface area contributed by atoms with Gasteiger partial charge in [0.05, 0.1) is 7.11 Å². The molecule has 0 spiro atoms. The molecular weight excluding hydrogens is 330 g/mol. The van der Waals surface area contributed by atoms with Crippen molar-refractivity contribution < 1.29 is 18.6 Å². The summed E-state index contributed by atoms with van der Waals surface area (Å²) in [5, 5.41) is 10.3. The summed E-state index contributed by atoms with van der Waals surface area (Å²) >= 11 is 3.28. The van der Waals surface area contributed by atoms with Crippen LogP contribution >= 0.6 is 15.9 Å². The van der Waals surface area contributed by atoms with E-state index < -0.39 is 17.7 Å². The van der Waals surface area contributed by atoms with E-state index in [0.29, 0.717) is 15.8 Å². The summed E-state index contributed by atoms with van der Waals surface area (Å²) in [5.41, 5.74) is 0.438. The topological polar surface area (TPSA) is 29.5 Å². The van der Waals surface area contributed by atoms with E-state index in [-0.39, 0.29) is 11.1 Å². The zero-order valence-electron chi connectivity index (χ0n) is 11.0. The predicted molar refractivity (Wildman–Crippen MR) is 75.9 cm³/mol. The number of ether oxygens (including phenoxy) is 1. The molecule has 2 nitrogen and oxygen atoms in total. The highest BCUT2D eigenvalue weighted by Gasteiger charge is 2.22. The number of methoxy groups -OCH3 is 1. The first-order chi connectivity index (χ1) is 9.45. The van der Waals surface area contributed by atoms with Gasteiger partial charge in [-0.2, -0.15) is 0 Å². The third-order valence-corrected chi connectivity index (χ3v) is 3.58. The van der Waals surface area contributed by atoms with Crippen LogP contribution in [0.4, 0.5) is 8.78 Å². The molecule has 1 atom stereocenters. The van der Waals surface area contributed by atoms with Gasteiger partial charge in [-0.15, -0.1) is 0 Å². The zero-order chi connectivity index (χ0) is 14.9. The van der Waals surface area contributed by atoms with Crippen molar-refractivity contribution in [3.63, 3.8) is 0 Å². The van der Waals surface area contributed by atoms with Gasteiger partial charge in [0.1, 0.15) is 11.9 Å². The molecule has 2 aromatic rings. The van der Waals surface area contributed by atoms with Gasteiger partial charge < -0.3 is 9.84 Å². The number of benzene rings is 2. The third-order valence-electron chi connectivity index (χ3n) is 3.09. The second-order valence-corrected chi connectivity index (χ2v) is 5.30. The van der Waals surface area contributed by atoms with Crippen molar-refractivity contribution in [3.8, 4) is 5.75 Å². The molecule has 0 fully saturated rings. The van der Waals surface area contributed by atoms with Crippen LogP contribution in [0, 0.1) is 18.6 Å². The number of hydrogen-bond acceptors (Lipinski definition) is 2. The average molecular weight is 343 g/mol. The fourth-order valence-electron chi connectivity index (χ4n) is 1.96. The Balaban J connectivity index is 2.54. The lowest BCUT2D eigenvalue weighted by molar-refractivity contribution is 0.208. The SMILES string of the molecule is COc1ccc(Br)cc1C(O)c1ccc(C)c(F)c1F. The molecule has 0 amide bonds. The minimum Gasteiger partial charge on any atom is -0.496 e. The van der Waals surface area contributed by atoms with Crippen LogP contribution in [0.15, 0.2) is 34.8 Å². The lowest BCUT2D eigenvalue weighted by Crippen LogP contribution is -2.07. The van der Waals surface area contributed by atoms with Gasteiger partial charge in [-0.05, 0) is 30.7 Å². The standard InChI is InChI=1S/C15H13BrF2O2/c1-8-3-5-10(14(18)13(8)17)15(19)11-7-9(16)4-6-12(11)20-2/h3-7,15,19H,1-2H3. The van der Waals surface area contributed by atoms with Crippen molar-refractivity contribution in [1.29, 1.82) is 0 Å². The molecule has 0 aliphatic heterocycles. The number of aliphatic hydroxyl groups excluding tert-OH is 1. The fraction of sp³-hybridized carbons (Fsp3) is 0.200. The highest BCUT2D eigenvalue weighted by Crippen LogP contribution is 2.34. The lowest BCUT2D eigenvalue weighted by atomic mass is 9.99. The van der Waals surface area contributed by atoms with Gasteiger partial charge in [-0.1, -0.05) is 28.1 Å².